The van der Waals surface area contributed by atoms with Crippen LogP contribution in [0.5, 0.6) is 0 Å². The molecule has 2 aliphatic rings. The van der Waals surface area contributed by atoms with Crippen molar-refractivity contribution >= 4 is 27.5 Å². The predicted octanol–water partition coefficient (Wildman–Crippen LogP) is 5.57. The molecular formula is C27H16N4. The third kappa shape index (κ3) is 1.84. The maximum absolute atomic E-state index is 5.18. The minimum absolute atomic E-state index is 0.871. The number of aromatic nitrogens is 4. The summed E-state index contributed by atoms with van der Waals surface area (Å²) in [6.45, 7) is 0. The van der Waals surface area contributed by atoms with Gasteiger partial charge < -0.3 is 0 Å². The zero-order valence-electron chi connectivity index (χ0n) is 16.6. The first kappa shape index (κ1) is 15.7. The second kappa shape index (κ2) is 5.35. The summed E-state index contributed by atoms with van der Waals surface area (Å²) in [6, 6.07) is 19.7. The Morgan fingerprint density at radius 3 is 2.61 bits per heavy atom. The Hall–Kier alpha value is -4.05. The minimum Gasteiger partial charge on any atom is -0.290 e. The highest BCUT2D eigenvalue weighted by atomic mass is 15.0. The van der Waals surface area contributed by atoms with Crippen molar-refractivity contribution in [1.82, 2.24) is 19.4 Å². The van der Waals surface area contributed by atoms with Crippen LogP contribution in [-0.2, 0) is 12.8 Å². The van der Waals surface area contributed by atoms with Crippen LogP contribution in [0.3, 0.4) is 0 Å². The number of fused-ring (bicyclic) bond motifs is 14. The van der Waals surface area contributed by atoms with Gasteiger partial charge in [0.1, 0.15) is 5.65 Å². The zero-order chi connectivity index (χ0) is 20.1. The Morgan fingerprint density at radius 1 is 0.742 bits per heavy atom. The lowest BCUT2D eigenvalue weighted by molar-refractivity contribution is 1.16. The Kier molecular flexibility index (Phi) is 2.72. The Balaban J connectivity index is 1.59. The van der Waals surface area contributed by atoms with E-state index in [4.69, 9.17) is 9.97 Å². The fourth-order valence-electron chi connectivity index (χ4n) is 5.69. The number of hydrogen-bond donors (Lipinski definition) is 0. The highest BCUT2D eigenvalue weighted by Crippen LogP contribution is 2.50. The SMILES string of the molecule is c1ccc2c(c1)Cc1ccc3c(c1-2)-c1c(nc2c4ccncc4c4ncccc4n12)C3. The predicted molar refractivity (Wildman–Crippen MR) is 122 cm³/mol. The number of pyridine rings is 3. The van der Waals surface area contributed by atoms with Gasteiger partial charge in [-0.3, -0.25) is 14.4 Å². The summed E-state index contributed by atoms with van der Waals surface area (Å²) in [5.74, 6) is 0. The molecule has 4 nitrogen and oxygen atoms in total. The molecule has 0 atom stereocenters. The molecule has 0 N–H and O–H groups in total. The number of rotatable bonds is 0. The molecule has 0 radical (unpaired) electrons. The molecule has 0 bridgehead atoms. The maximum atomic E-state index is 5.18. The molecule has 2 aromatic carbocycles. The molecule has 4 aromatic heterocycles. The maximum Gasteiger partial charge on any atom is 0.146 e. The van der Waals surface area contributed by atoms with Crippen LogP contribution in [0.4, 0.5) is 0 Å². The van der Waals surface area contributed by atoms with Crippen LogP contribution in [0.15, 0.2) is 73.2 Å². The van der Waals surface area contributed by atoms with Crippen molar-refractivity contribution in [3.05, 3.63) is 95.6 Å². The summed E-state index contributed by atoms with van der Waals surface area (Å²) in [7, 11) is 0. The van der Waals surface area contributed by atoms with Gasteiger partial charge in [-0.2, -0.15) is 0 Å². The molecule has 31 heavy (non-hydrogen) atoms. The summed E-state index contributed by atoms with van der Waals surface area (Å²) in [4.78, 5) is 14.3. The lowest BCUT2D eigenvalue weighted by Gasteiger charge is -2.13. The molecule has 0 aliphatic heterocycles. The molecule has 0 spiro atoms. The van der Waals surface area contributed by atoms with E-state index in [0.717, 1.165) is 46.0 Å². The van der Waals surface area contributed by atoms with E-state index in [2.05, 4.69) is 57.9 Å². The second-order valence-corrected chi connectivity index (χ2v) is 8.50. The van der Waals surface area contributed by atoms with Gasteiger partial charge in [0, 0.05) is 41.3 Å². The molecule has 2 aliphatic carbocycles. The first-order valence-electron chi connectivity index (χ1n) is 10.6. The van der Waals surface area contributed by atoms with E-state index in [-0.39, 0.29) is 0 Å². The lowest BCUT2D eigenvalue weighted by atomic mass is 9.95. The first-order chi connectivity index (χ1) is 15.4. The fourth-order valence-corrected chi connectivity index (χ4v) is 5.69. The summed E-state index contributed by atoms with van der Waals surface area (Å²) in [5, 5.41) is 2.16. The van der Waals surface area contributed by atoms with Gasteiger partial charge >= 0.3 is 0 Å². The van der Waals surface area contributed by atoms with Gasteiger partial charge in [-0.1, -0.05) is 36.4 Å². The number of hydrogen-bond acceptors (Lipinski definition) is 3. The minimum atomic E-state index is 0.871. The second-order valence-electron chi connectivity index (χ2n) is 8.50. The highest BCUT2D eigenvalue weighted by Gasteiger charge is 2.32. The normalized spacial score (nSPS) is 13.5. The third-order valence-corrected chi connectivity index (χ3v) is 6.93. The van der Waals surface area contributed by atoms with Crippen LogP contribution in [0.25, 0.3) is 49.8 Å². The van der Waals surface area contributed by atoms with Crippen LogP contribution in [0.2, 0.25) is 0 Å². The molecule has 8 rings (SSSR count). The number of nitrogens with zero attached hydrogens (tertiary/aromatic N) is 4. The van der Waals surface area contributed by atoms with Gasteiger partial charge in [-0.05, 0) is 52.4 Å². The van der Waals surface area contributed by atoms with Crippen LogP contribution in [0.1, 0.15) is 22.4 Å². The Morgan fingerprint density at radius 2 is 1.65 bits per heavy atom. The molecule has 4 heteroatoms. The smallest absolute Gasteiger partial charge is 0.146 e. The first-order valence-corrected chi connectivity index (χ1v) is 10.6. The van der Waals surface area contributed by atoms with Crippen molar-refractivity contribution in [1.29, 1.82) is 0 Å². The van der Waals surface area contributed by atoms with Crippen molar-refractivity contribution < 1.29 is 0 Å². The molecule has 0 amide bonds. The molecule has 0 saturated carbocycles. The summed E-state index contributed by atoms with van der Waals surface area (Å²) in [6.07, 6.45) is 7.49. The number of imidazole rings is 1. The topological polar surface area (TPSA) is 43.1 Å². The average molecular weight is 396 g/mol. The van der Waals surface area contributed by atoms with Gasteiger partial charge in [-0.15, -0.1) is 0 Å². The van der Waals surface area contributed by atoms with E-state index >= 15 is 0 Å². The van der Waals surface area contributed by atoms with Gasteiger partial charge in [0.2, 0.25) is 0 Å². The molecule has 0 saturated heterocycles. The summed E-state index contributed by atoms with van der Waals surface area (Å²) >= 11 is 0. The highest BCUT2D eigenvalue weighted by molar-refractivity contribution is 6.11. The Bertz CT molecular complexity index is 1740. The van der Waals surface area contributed by atoms with Crippen molar-refractivity contribution in [2.45, 2.75) is 12.8 Å². The van der Waals surface area contributed by atoms with Gasteiger partial charge in [0.05, 0.1) is 22.4 Å². The Labute approximate surface area is 177 Å². The van der Waals surface area contributed by atoms with E-state index in [1.807, 2.05) is 24.7 Å². The lowest BCUT2D eigenvalue weighted by Crippen LogP contribution is -1.97. The van der Waals surface area contributed by atoms with Crippen molar-refractivity contribution in [3.8, 4) is 22.4 Å². The largest absolute Gasteiger partial charge is 0.290 e. The molecule has 6 aromatic rings. The third-order valence-electron chi connectivity index (χ3n) is 6.93. The fraction of sp³-hybridized carbons (Fsp3) is 0.0741. The summed E-state index contributed by atoms with van der Waals surface area (Å²) in [5.41, 5.74) is 13.7. The van der Waals surface area contributed by atoms with Crippen molar-refractivity contribution in [3.63, 3.8) is 0 Å². The van der Waals surface area contributed by atoms with Crippen LogP contribution in [-0.4, -0.2) is 19.4 Å². The zero-order valence-corrected chi connectivity index (χ0v) is 16.6. The quantitative estimate of drug-likeness (QED) is 0.315. The molecule has 4 heterocycles. The van der Waals surface area contributed by atoms with Crippen LogP contribution >= 0.6 is 0 Å². The van der Waals surface area contributed by atoms with Crippen LogP contribution < -0.4 is 0 Å². The molecular weight excluding hydrogens is 380 g/mol. The number of benzene rings is 2. The molecule has 0 fully saturated rings. The van der Waals surface area contributed by atoms with Crippen LogP contribution in [0, 0.1) is 0 Å². The van der Waals surface area contributed by atoms with Gasteiger partial charge in [-0.25, -0.2) is 4.98 Å². The summed E-state index contributed by atoms with van der Waals surface area (Å²) < 4.78 is 2.34. The standard InChI is InChI=1S/C27H16N4/c1-2-5-18-15(4-1)12-16-7-8-17-13-21-26(24(17)23(16)18)31-22-6-3-10-29-25(22)20-14-28-11-9-19(20)27(31)30-21/h1-11,14H,12-13H2. The van der Waals surface area contributed by atoms with E-state index in [1.54, 1.807) is 0 Å². The van der Waals surface area contributed by atoms with Gasteiger partial charge in [0.15, 0.2) is 0 Å². The van der Waals surface area contributed by atoms with E-state index in [0.29, 0.717) is 0 Å². The monoisotopic (exact) mass is 396 g/mol. The molecule has 0 unspecified atom stereocenters. The molecule has 144 valence electrons. The van der Waals surface area contributed by atoms with E-state index in [1.165, 1.54) is 39.1 Å². The van der Waals surface area contributed by atoms with Gasteiger partial charge in [0.25, 0.3) is 0 Å². The van der Waals surface area contributed by atoms with E-state index in [9.17, 15) is 0 Å². The average Bonchev–Trinajstić information content (AvgIpc) is 3.48. The van der Waals surface area contributed by atoms with Crippen molar-refractivity contribution in [2.24, 2.45) is 0 Å². The van der Waals surface area contributed by atoms with E-state index < -0.39 is 0 Å². The van der Waals surface area contributed by atoms with Crippen molar-refractivity contribution in [2.75, 3.05) is 0 Å².